The van der Waals surface area contributed by atoms with E-state index in [2.05, 4.69) is 25.3 Å². The summed E-state index contributed by atoms with van der Waals surface area (Å²) in [5.74, 6) is 2.73. The number of fused-ring (bicyclic) bond motifs is 1. The number of amides is 2. The topological polar surface area (TPSA) is 84.0 Å². The molecule has 1 atom stereocenters. The third-order valence-corrected chi connectivity index (χ3v) is 11.1. The number of anilines is 4. The van der Waals surface area contributed by atoms with Crippen molar-refractivity contribution in [2.75, 3.05) is 54.9 Å². The van der Waals surface area contributed by atoms with Crippen LogP contribution in [0.5, 0.6) is 0 Å². The van der Waals surface area contributed by atoms with Crippen LogP contribution in [0.2, 0.25) is 0 Å². The van der Waals surface area contributed by atoms with Gasteiger partial charge in [0.2, 0.25) is 5.91 Å². The number of carbonyl (C=O) groups excluding carboxylic acids is 2. The number of nitrogens with one attached hydrogen (secondary N) is 2. The maximum absolute atomic E-state index is 13.1. The van der Waals surface area contributed by atoms with Gasteiger partial charge in [-0.15, -0.1) is 0 Å². The van der Waals surface area contributed by atoms with Crippen LogP contribution < -0.4 is 20.4 Å². The Morgan fingerprint density at radius 1 is 0.844 bits per heavy atom. The number of nitrogens with zero attached hydrogens (tertiary/aromatic N) is 5. The molecule has 3 aliphatic carbocycles. The van der Waals surface area contributed by atoms with Crippen molar-refractivity contribution in [3.05, 3.63) is 42.0 Å². The molecule has 3 heterocycles. The molecule has 2 N–H and O–H groups in total. The molecule has 4 fully saturated rings. The van der Waals surface area contributed by atoms with E-state index >= 15 is 0 Å². The van der Waals surface area contributed by atoms with E-state index in [1.54, 1.807) is 4.90 Å². The molecule has 9 heteroatoms. The predicted molar refractivity (Wildman–Crippen MR) is 180 cm³/mol. The normalized spacial score (nSPS) is 26.9. The summed E-state index contributed by atoms with van der Waals surface area (Å²) in [5, 5.41) is 6.75. The van der Waals surface area contributed by atoms with Gasteiger partial charge in [0, 0.05) is 69.1 Å². The maximum Gasteiger partial charge on any atom is 0.251 e. The third-order valence-electron chi connectivity index (χ3n) is 11.1. The fourth-order valence-electron chi connectivity index (χ4n) is 8.20. The van der Waals surface area contributed by atoms with Crippen LogP contribution >= 0.6 is 0 Å². The standard InChI is InChI=1S/C36H51N7O2/c1-25-36(45)40(2)32-18-19-33(39-34(32)43(25)31-6-4-3-5-7-31)37-28-12-10-27(11-13-28)35(44)38-29-14-16-30(17-15-29)42-22-20-41(21-23-42)24-26-8-9-26/h10-13,18-19,25-26,29-31H,3-9,14-17,20-24H2,1-2H3,(H,37,39)(H,38,44). The summed E-state index contributed by atoms with van der Waals surface area (Å²) in [7, 11) is 1.84. The van der Waals surface area contributed by atoms with Gasteiger partial charge in [-0.25, -0.2) is 4.98 Å². The number of benzene rings is 1. The van der Waals surface area contributed by atoms with Crippen LogP contribution in [0, 0.1) is 5.92 Å². The molecule has 2 aromatic rings. The number of carbonyl (C=O) groups is 2. The van der Waals surface area contributed by atoms with E-state index in [9.17, 15) is 9.59 Å². The number of rotatable bonds is 8. The van der Waals surface area contributed by atoms with Crippen LogP contribution in [-0.4, -0.2) is 90.5 Å². The minimum Gasteiger partial charge on any atom is -0.349 e. The van der Waals surface area contributed by atoms with E-state index in [1.165, 1.54) is 77.7 Å². The highest BCUT2D eigenvalue weighted by Gasteiger charge is 2.39. The Bertz CT molecular complexity index is 1340. The Balaban J connectivity index is 0.924. The molecule has 1 saturated heterocycles. The Labute approximate surface area is 268 Å². The van der Waals surface area contributed by atoms with Gasteiger partial charge >= 0.3 is 0 Å². The zero-order valence-corrected chi connectivity index (χ0v) is 27.2. The summed E-state index contributed by atoms with van der Waals surface area (Å²) in [6.45, 7) is 8.15. The molecule has 3 saturated carbocycles. The number of aromatic nitrogens is 1. The molecule has 9 nitrogen and oxygen atoms in total. The molecule has 0 bridgehead atoms. The molecule has 7 rings (SSSR count). The predicted octanol–water partition coefficient (Wildman–Crippen LogP) is 5.40. The molecular formula is C36H51N7O2. The van der Waals surface area contributed by atoms with E-state index in [4.69, 9.17) is 4.98 Å². The number of piperazine rings is 1. The van der Waals surface area contributed by atoms with Crippen molar-refractivity contribution in [3.63, 3.8) is 0 Å². The van der Waals surface area contributed by atoms with Gasteiger partial charge in [-0.05, 0) is 101 Å². The largest absolute Gasteiger partial charge is 0.349 e. The van der Waals surface area contributed by atoms with Crippen LogP contribution in [0.3, 0.4) is 0 Å². The molecular weight excluding hydrogens is 562 g/mol. The highest BCUT2D eigenvalue weighted by Crippen LogP contribution is 2.39. The Hall–Kier alpha value is -3.17. The van der Waals surface area contributed by atoms with E-state index in [1.807, 2.05) is 50.4 Å². The number of likely N-dealkylation sites (N-methyl/N-ethyl adjacent to an activating group) is 1. The van der Waals surface area contributed by atoms with Crippen molar-refractivity contribution in [3.8, 4) is 0 Å². The average molecular weight is 614 g/mol. The number of hydrogen-bond acceptors (Lipinski definition) is 7. The number of pyridine rings is 1. The van der Waals surface area contributed by atoms with E-state index in [0.717, 1.165) is 54.6 Å². The molecule has 1 unspecified atom stereocenters. The lowest BCUT2D eigenvalue weighted by Crippen LogP contribution is -2.55. The Kier molecular flexibility index (Phi) is 9.00. The molecule has 45 heavy (non-hydrogen) atoms. The summed E-state index contributed by atoms with van der Waals surface area (Å²) in [6.07, 6.45) is 13.2. The Morgan fingerprint density at radius 2 is 1.56 bits per heavy atom. The first-order valence-electron chi connectivity index (χ1n) is 17.6. The lowest BCUT2D eigenvalue weighted by molar-refractivity contribution is -0.119. The van der Waals surface area contributed by atoms with Crippen LogP contribution in [0.4, 0.5) is 23.0 Å². The number of hydrogen-bond donors (Lipinski definition) is 2. The molecule has 2 aliphatic heterocycles. The third kappa shape index (κ3) is 6.85. The van der Waals surface area contributed by atoms with Crippen molar-refractivity contribution in [2.24, 2.45) is 5.92 Å². The first-order chi connectivity index (χ1) is 21.9. The van der Waals surface area contributed by atoms with E-state index in [-0.39, 0.29) is 23.9 Å². The van der Waals surface area contributed by atoms with Crippen molar-refractivity contribution in [1.29, 1.82) is 0 Å². The minimum atomic E-state index is -0.228. The molecule has 1 aromatic heterocycles. The van der Waals surface area contributed by atoms with Gasteiger partial charge in [0.15, 0.2) is 5.82 Å². The first-order valence-corrected chi connectivity index (χ1v) is 17.6. The molecule has 0 spiro atoms. The lowest BCUT2D eigenvalue weighted by Gasteiger charge is -2.44. The average Bonchev–Trinajstić information content (AvgIpc) is 3.89. The van der Waals surface area contributed by atoms with Gasteiger partial charge < -0.3 is 25.3 Å². The fraction of sp³-hybridized carbons (Fsp3) is 0.639. The van der Waals surface area contributed by atoms with Crippen LogP contribution in [0.15, 0.2) is 36.4 Å². The van der Waals surface area contributed by atoms with Gasteiger partial charge in [0.25, 0.3) is 5.91 Å². The molecule has 2 amide bonds. The van der Waals surface area contributed by atoms with Crippen molar-refractivity contribution in [2.45, 2.75) is 102 Å². The summed E-state index contributed by atoms with van der Waals surface area (Å²) in [6, 6.07) is 12.7. The second kappa shape index (κ2) is 13.3. The smallest absolute Gasteiger partial charge is 0.251 e. The van der Waals surface area contributed by atoms with Gasteiger partial charge in [-0.2, -0.15) is 0 Å². The summed E-state index contributed by atoms with van der Waals surface area (Å²) in [4.78, 5) is 40.6. The minimum absolute atomic E-state index is 0.00964. The maximum atomic E-state index is 13.1. The van der Waals surface area contributed by atoms with Crippen LogP contribution in [0.1, 0.15) is 87.9 Å². The fourth-order valence-corrected chi connectivity index (χ4v) is 8.20. The van der Waals surface area contributed by atoms with Gasteiger partial charge in [0.05, 0.1) is 5.69 Å². The van der Waals surface area contributed by atoms with E-state index < -0.39 is 0 Å². The van der Waals surface area contributed by atoms with Crippen molar-refractivity contribution < 1.29 is 9.59 Å². The van der Waals surface area contributed by atoms with E-state index in [0.29, 0.717) is 17.6 Å². The summed E-state index contributed by atoms with van der Waals surface area (Å²) >= 11 is 0. The second-order valence-corrected chi connectivity index (χ2v) is 14.3. The first kappa shape index (κ1) is 30.5. The summed E-state index contributed by atoms with van der Waals surface area (Å²) in [5.41, 5.74) is 2.43. The molecule has 5 aliphatic rings. The Morgan fingerprint density at radius 3 is 2.24 bits per heavy atom. The van der Waals surface area contributed by atoms with Crippen molar-refractivity contribution in [1.82, 2.24) is 20.1 Å². The second-order valence-electron chi connectivity index (χ2n) is 14.3. The van der Waals surface area contributed by atoms with Crippen LogP contribution in [0.25, 0.3) is 0 Å². The SMILES string of the molecule is CC1C(=O)N(C)c2ccc(Nc3ccc(C(=O)NC4CCC(N5CCN(CC6CC6)CC5)CC4)cc3)nc2N1C1CCCCC1. The highest BCUT2D eigenvalue weighted by molar-refractivity contribution is 6.04. The highest BCUT2D eigenvalue weighted by atomic mass is 16.2. The van der Waals surface area contributed by atoms with Crippen LogP contribution in [-0.2, 0) is 4.79 Å². The quantitative estimate of drug-likeness (QED) is 0.413. The zero-order chi connectivity index (χ0) is 30.9. The van der Waals surface area contributed by atoms with Gasteiger partial charge in [-0.1, -0.05) is 19.3 Å². The molecule has 242 valence electrons. The molecule has 1 aromatic carbocycles. The zero-order valence-electron chi connectivity index (χ0n) is 27.2. The summed E-state index contributed by atoms with van der Waals surface area (Å²) < 4.78 is 0. The van der Waals surface area contributed by atoms with Gasteiger partial charge in [-0.3, -0.25) is 14.5 Å². The van der Waals surface area contributed by atoms with Crippen molar-refractivity contribution >= 4 is 34.8 Å². The monoisotopic (exact) mass is 613 g/mol. The molecule has 0 radical (unpaired) electrons. The van der Waals surface area contributed by atoms with Gasteiger partial charge in [0.1, 0.15) is 11.9 Å². The lowest BCUT2D eigenvalue weighted by atomic mass is 9.89.